The Morgan fingerprint density at radius 1 is 1.48 bits per heavy atom. The molecule has 0 amide bonds. The van der Waals surface area contributed by atoms with Crippen LogP contribution in [0.2, 0.25) is 0 Å². The fourth-order valence-corrected chi connectivity index (χ4v) is 1.97. The van der Waals surface area contributed by atoms with Gasteiger partial charge in [0, 0.05) is 12.6 Å². The summed E-state index contributed by atoms with van der Waals surface area (Å²) in [6.45, 7) is 3.94. The molecule has 1 unspecified atom stereocenters. The van der Waals surface area contributed by atoms with Gasteiger partial charge in [-0.1, -0.05) is 11.2 Å². The predicted molar refractivity (Wildman–Crippen MR) is 85.0 cm³/mol. The molecule has 6 heteroatoms. The summed E-state index contributed by atoms with van der Waals surface area (Å²) in [6.07, 6.45) is 1.08. The first-order valence-electron chi connectivity index (χ1n) is 7.00. The van der Waals surface area contributed by atoms with Gasteiger partial charge in [-0.15, -0.1) is 0 Å². The number of amidine groups is 1. The maximum atomic E-state index is 8.83. The monoisotopic (exact) mass is 294 g/mol. The number of benzene rings is 1. The van der Waals surface area contributed by atoms with Crippen molar-refractivity contribution >= 4 is 5.84 Å². The van der Waals surface area contributed by atoms with E-state index in [4.69, 9.17) is 15.7 Å². The second kappa shape index (κ2) is 8.49. The lowest BCUT2D eigenvalue weighted by molar-refractivity contribution is 0.318. The Morgan fingerprint density at radius 2 is 2.19 bits per heavy atom. The SMILES string of the molecule is COc1ccc(CNC(C)CCN(C)C)cc1C(N)=NO. The van der Waals surface area contributed by atoms with Gasteiger partial charge in [0.1, 0.15) is 5.75 Å². The predicted octanol–water partition coefficient (Wildman–Crippen LogP) is 1.22. The molecule has 0 aliphatic rings. The van der Waals surface area contributed by atoms with Crippen molar-refractivity contribution in [3.63, 3.8) is 0 Å². The molecule has 6 nitrogen and oxygen atoms in total. The van der Waals surface area contributed by atoms with Crippen LogP contribution in [0.4, 0.5) is 0 Å². The van der Waals surface area contributed by atoms with Crippen LogP contribution in [-0.4, -0.2) is 49.7 Å². The highest BCUT2D eigenvalue weighted by Gasteiger charge is 2.09. The molecule has 1 aromatic rings. The van der Waals surface area contributed by atoms with Crippen molar-refractivity contribution in [3.05, 3.63) is 29.3 Å². The maximum Gasteiger partial charge on any atom is 0.173 e. The molecule has 0 radical (unpaired) electrons. The Bertz CT molecular complexity index is 475. The van der Waals surface area contributed by atoms with Crippen LogP contribution < -0.4 is 15.8 Å². The minimum Gasteiger partial charge on any atom is -0.496 e. The topological polar surface area (TPSA) is 83.1 Å². The van der Waals surface area contributed by atoms with E-state index in [2.05, 4.69) is 36.4 Å². The lowest BCUT2D eigenvalue weighted by atomic mass is 10.1. The van der Waals surface area contributed by atoms with Gasteiger partial charge >= 0.3 is 0 Å². The molecule has 1 rings (SSSR count). The van der Waals surface area contributed by atoms with E-state index in [0.717, 1.165) is 25.1 Å². The van der Waals surface area contributed by atoms with Gasteiger partial charge in [-0.25, -0.2) is 0 Å². The van der Waals surface area contributed by atoms with Gasteiger partial charge in [-0.2, -0.15) is 0 Å². The molecule has 0 aliphatic carbocycles. The van der Waals surface area contributed by atoms with E-state index < -0.39 is 0 Å². The fraction of sp³-hybridized carbons (Fsp3) is 0.533. The quantitative estimate of drug-likeness (QED) is 0.291. The van der Waals surface area contributed by atoms with E-state index in [9.17, 15) is 0 Å². The highest BCUT2D eigenvalue weighted by molar-refractivity contribution is 5.99. The van der Waals surface area contributed by atoms with Crippen LogP contribution in [0.3, 0.4) is 0 Å². The van der Waals surface area contributed by atoms with Crippen molar-refractivity contribution in [2.75, 3.05) is 27.7 Å². The van der Waals surface area contributed by atoms with E-state index in [1.165, 1.54) is 0 Å². The van der Waals surface area contributed by atoms with E-state index in [-0.39, 0.29) is 5.84 Å². The Labute approximate surface area is 126 Å². The average molecular weight is 294 g/mol. The molecule has 0 spiro atoms. The molecule has 118 valence electrons. The lowest BCUT2D eigenvalue weighted by Crippen LogP contribution is -2.29. The third kappa shape index (κ3) is 5.61. The molecule has 0 fully saturated rings. The van der Waals surface area contributed by atoms with Crippen LogP contribution in [0.5, 0.6) is 5.75 Å². The minimum atomic E-state index is 0.0503. The van der Waals surface area contributed by atoms with Crippen LogP contribution in [0, 0.1) is 0 Å². The van der Waals surface area contributed by atoms with E-state index in [0.29, 0.717) is 17.4 Å². The van der Waals surface area contributed by atoms with Gasteiger partial charge in [-0.05, 0) is 51.7 Å². The van der Waals surface area contributed by atoms with Crippen molar-refractivity contribution in [1.82, 2.24) is 10.2 Å². The molecule has 0 aromatic heterocycles. The molecule has 21 heavy (non-hydrogen) atoms. The van der Waals surface area contributed by atoms with Crippen LogP contribution in [0.25, 0.3) is 0 Å². The number of nitrogens with two attached hydrogens (primary N) is 1. The molecule has 1 atom stereocenters. The van der Waals surface area contributed by atoms with Gasteiger partial charge in [-0.3, -0.25) is 0 Å². The van der Waals surface area contributed by atoms with Crippen LogP contribution in [0.15, 0.2) is 23.4 Å². The van der Waals surface area contributed by atoms with Crippen molar-refractivity contribution in [3.8, 4) is 5.75 Å². The van der Waals surface area contributed by atoms with Gasteiger partial charge in [0.25, 0.3) is 0 Å². The number of hydrogen-bond donors (Lipinski definition) is 3. The van der Waals surface area contributed by atoms with Crippen molar-refractivity contribution < 1.29 is 9.94 Å². The molecule has 0 saturated heterocycles. The Hall–Kier alpha value is -1.79. The summed E-state index contributed by atoms with van der Waals surface area (Å²) >= 11 is 0. The second-order valence-electron chi connectivity index (χ2n) is 5.39. The summed E-state index contributed by atoms with van der Waals surface area (Å²) in [5.74, 6) is 0.643. The van der Waals surface area contributed by atoms with Crippen LogP contribution in [-0.2, 0) is 6.54 Å². The number of ether oxygens (including phenoxy) is 1. The number of rotatable bonds is 8. The summed E-state index contributed by atoms with van der Waals surface area (Å²) in [7, 11) is 5.70. The number of methoxy groups -OCH3 is 1. The summed E-state index contributed by atoms with van der Waals surface area (Å²) < 4.78 is 5.22. The summed E-state index contributed by atoms with van der Waals surface area (Å²) in [5.41, 5.74) is 7.33. The third-order valence-electron chi connectivity index (χ3n) is 3.31. The third-order valence-corrected chi connectivity index (χ3v) is 3.31. The largest absolute Gasteiger partial charge is 0.496 e. The van der Waals surface area contributed by atoms with E-state index in [1.54, 1.807) is 7.11 Å². The van der Waals surface area contributed by atoms with Gasteiger partial charge in [0.15, 0.2) is 5.84 Å². The van der Waals surface area contributed by atoms with Crippen molar-refractivity contribution in [1.29, 1.82) is 0 Å². The molecule has 0 heterocycles. The van der Waals surface area contributed by atoms with Gasteiger partial charge in [0.2, 0.25) is 0 Å². The standard InChI is InChI=1S/C15H26N4O2/c1-11(7-8-19(2)3)17-10-12-5-6-14(21-4)13(9-12)15(16)18-20/h5-6,9,11,17,20H,7-8,10H2,1-4H3,(H2,16,18). The smallest absolute Gasteiger partial charge is 0.173 e. The zero-order valence-electron chi connectivity index (χ0n) is 13.3. The number of nitrogens with one attached hydrogen (secondary N) is 1. The Morgan fingerprint density at radius 3 is 2.76 bits per heavy atom. The maximum absolute atomic E-state index is 8.83. The first-order valence-corrected chi connectivity index (χ1v) is 7.00. The molecule has 0 bridgehead atoms. The zero-order chi connectivity index (χ0) is 15.8. The average Bonchev–Trinajstić information content (AvgIpc) is 2.49. The highest BCUT2D eigenvalue weighted by atomic mass is 16.5. The fourth-order valence-electron chi connectivity index (χ4n) is 1.97. The highest BCUT2D eigenvalue weighted by Crippen LogP contribution is 2.19. The molecule has 4 N–H and O–H groups in total. The van der Waals surface area contributed by atoms with Gasteiger partial charge < -0.3 is 25.9 Å². The second-order valence-corrected chi connectivity index (χ2v) is 5.39. The number of oxime groups is 1. The lowest BCUT2D eigenvalue weighted by Gasteiger charge is -2.17. The van der Waals surface area contributed by atoms with Gasteiger partial charge in [0.05, 0.1) is 12.7 Å². The molecule has 0 saturated carbocycles. The summed E-state index contributed by atoms with van der Waals surface area (Å²) in [5, 5.41) is 15.3. The molecule has 0 aliphatic heterocycles. The minimum absolute atomic E-state index is 0.0503. The number of hydrogen-bond acceptors (Lipinski definition) is 5. The Kier molecular flexibility index (Phi) is 6.98. The Balaban J connectivity index is 2.68. The molecular formula is C15H26N4O2. The van der Waals surface area contributed by atoms with E-state index in [1.807, 2.05) is 18.2 Å². The first-order chi connectivity index (χ1) is 9.97. The van der Waals surface area contributed by atoms with Crippen molar-refractivity contribution in [2.24, 2.45) is 10.9 Å². The van der Waals surface area contributed by atoms with Crippen LogP contribution in [0.1, 0.15) is 24.5 Å². The van der Waals surface area contributed by atoms with Crippen LogP contribution >= 0.6 is 0 Å². The van der Waals surface area contributed by atoms with E-state index >= 15 is 0 Å². The van der Waals surface area contributed by atoms with Crippen molar-refractivity contribution in [2.45, 2.75) is 25.9 Å². The normalized spacial score (nSPS) is 13.5. The first kappa shape index (κ1) is 17.3. The number of nitrogens with zero attached hydrogens (tertiary/aromatic N) is 2. The molecular weight excluding hydrogens is 268 g/mol. The summed E-state index contributed by atoms with van der Waals surface area (Å²) in [6, 6.07) is 6.09. The summed E-state index contributed by atoms with van der Waals surface area (Å²) in [4.78, 5) is 2.17. The molecule has 1 aromatic carbocycles. The zero-order valence-corrected chi connectivity index (χ0v) is 13.3.